The molecule has 1 aromatic heterocycles. The van der Waals surface area contributed by atoms with Crippen molar-refractivity contribution in [3.63, 3.8) is 0 Å². The lowest BCUT2D eigenvalue weighted by Crippen LogP contribution is -2.33. The van der Waals surface area contributed by atoms with Crippen LogP contribution in [0.15, 0.2) is 255 Å². The van der Waals surface area contributed by atoms with E-state index < -0.39 is 5.41 Å². The van der Waals surface area contributed by atoms with Gasteiger partial charge in [-0.05, 0) is 114 Å². The predicted molar refractivity (Wildman–Crippen MR) is 280 cm³/mol. The number of anilines is 3. The Morgan fingerprint density at radius 3 is 1.64 bits per heavy atom. The molecule has 2 heterocycles. The monoisotopic (exact) mass is 850 g/mol. The van der Waals surface area contributed by atoms with Crippen molar-refractivity contribution in [1.82, 2.24) is 4.57 Å². The lowest BCUT2D eigenvalue weighted by Gasteiger charge is -2.40. The van der Waals surface area contributed by atoms with Crippen molar-refractivity contribution < 1.29 is 0 Å². The molecule has 0 radical (unpaired) electrons. The maximum atomic E-state index is 2.54. The fourth-order valence-electron chi connectivity index (χ4n) is 11.9. The largest absolute Gasteiger partial charge is 0.310 e. The molecular weight excluding hydrogens is 809 g/mol. The topological polar surface area (TPSA) is 8.17 Å². The molecule has 0 amide bonds. The van der Waals surface area contributed by atoms with E-state index in [0.717, 1.165) is 22.6 Å². The summed E-state index contributed by atoms with van der Waals surface area (Å²) in [6.07, 6.45) is 0. The van der Waals surface area contributed by atoms with Gasteiger partial charge in [-0.2, -0.15) is 0 Å². The minimum absolute atomic E-state index is 0.578. The van der Waals surface area contributed by atoms with E-state index in [2.05, 4.69) is 264 Å². The summed E-state index contributed by atoms with van der Waals surface area (Å²) >= 11 is 0. The first-order chi connectivity index (χ1) is 33.3. The molecule has 67 heavy (non-hydrogen) atoms. The Morgan fingerprint density at radius 1 is 0.313 bits per heavy atom. The van der Waals surface area contributed by atoms with E-state index in [1.165, 1.54) is 99.5 Å². The van der Waals surface area contributed by atoms with Gasteiger partial charge in [-0.1, -0.05) is 212 Å². The number of fused-ring (bicyclic) bond motifs is 13. The van der Waals surface area contributed by atoms with Gasteiger partial charge in [0, 0.05) is 27.7 Å². The maximum Gasteiger partial charge on any atom is 0.0755 e. The maximum absolute atomic E-state index is 2.54. The standard InChI is InChI=1S/C65H42N2/c1-2-19-43(20-3-1)50-24-6-7-25-51(50)54-28-10-15-34-61(54)66(46-39-37-45(38-40-46)49-30-18-22-44-21-4-5-23-48(44)49)47-41-56-55-29-11-16-35-62(55)67-63-36-17-14-33-59(63)65(60(42-47)64(56)67)57-31-12-8-26-52(57)53-27-9-13-32-58(53)65/h1-42H. The normalized spacial score (nSPS) is 12.9. The van der Waals surface area contributed by atoms with Crippen molar-refractivity contribution in [1.29, 1.82) is 0 Å². The molecule has 0 N–H and O–H groups in total. The van der Waals surface area contributed by atoms with Gasteiger partial charge in [-0.25, -0.2) is 0 Å². The molecule has 2 heteroatoms. The average molecular weight is 851 g/mol. The smallest absolute Gasteiger partial charge is 0.0755 e. The molecule has 0 saturated carbocycles. The van der Waals surface area contributed by atoms with Crippen LogP contribution >= 0.6 is 0 Å². The van der Waals surface area contributed by atoms with Crippen LogP contribution in [-0.2, 0) is 5.41 Å². The van der Waals surface area contributed by atoms with Crippen LogP contribution in [0.25, 0.3) is 82.8 Å². The van der Waals surface area contributed by atoms with E-state index in [9.17, 15) is 0 Å². The van der Waals surface area contributed by atoms with Crippen LogP contribution in [0.5, 0.6) is 0 Å². The summed E-state index contributed by atoms with van der Waals surface area (Å²) in [7, 11) is 0. The Kier molecular flexibility index (Phi) is 8.23. The molecule has 312 valence electrons. The first kappa shape index (κ1) is 37.6. The lowest BCUT2D eigenvalue weighted by molar-refractivity contribution is 0.748. The first-order valence-corrected chi connectivity index (χ1v) is 23.3. The second-order valence-corrected chi connectivity index (χ2v) is 17.9. The summed E-state index contributed by atoms with van der Waals surface area (Å²) in [6, 6.07) is 94.5. The predicted octanol–water partition coefficient (Wildman–Crippen LogP) is 17.1. The van der Waals surface area contributed by atoms with Crippen LogP contribution in [0.3, 0.4) is 0 Å². The SMILES string of the molecule is c1ccc(-c2ccccc2-c2ccccc2N(c2ccc(-c3cccc4ccccc34)cc2)c2cc3c4c(c2)c2ccccc2n4-c2ccccc2C32c3ccccc3-c3ccccc32)cc1. The summed E-state index contributed by atoms with van der Waals surface area (Å²) in [5.74, 6) is 0. The second kappa shape index (κ2) is 14.7. The third-order valence-electron chi connectivity index (χ3n) is 14.6. The lowest BCUT2D eigenvalue weighted by atomic mass is 9.65. The van der Waals surface area contributed by atoms with Crippen LogP contribution in [-0.4, -0.2) is 4.57 Å². The molecule has 0 bridgehead atoms. The molecule has 2 aliphatic rings. The van der Waals surface area contributed by atoms with Crippen LogP contribution < -0.4 is 4.90 Å². The Hall–Kier alpha value is -8.72. The summed E-state index contributed by atoms with van der Waals surface area (Å²) in [5.41, 5.74) is 21.4. The quantitative estimate of drug-likeness (QED) is 0.162. The molecule has 1 spiro atoms. The van der Waals surface area contributed by atoms with Crippen molar-refractivity contribution in [2.45, 2.75) is 5.41 Å². The number of aromatic nitrogens is 1. The highest BCUT2D eigenvalue weighted by Gasteiger charge is 2.51. The Bertz CT molecular complexity index is 3880. The van der Waals surface area contributed by atoms with E-state index in [0.29, 0.717) is 0 Å². The zero-order valence-corrected chi connectivity index (χ0v) is 36.6. The first-order valence-electron chi connectivity index (χ1n) is 23.3. The molecule has 0 unspecified atom stereocenters. The highest BCUT2D eigenvalue weighted by molar-refractivity contribution is 6.14. The Labute approximate surface area is 389 Å². The van der Waals surface area contributed by atoms with Crippen molar-refractivity contribution in [2.75, 3.05) is 4.90 Å². The van der Waals surface area contributed by atoms with E-state index in [4.69, 9.17) is 0 Å². The van der Waals surface area contributed by atoms with Gasteiger partial charge in [0.2, 0.25) is 0 Å². The highest BCUT2D eigenvalue weighted by Crippen LogP contribution is 2.62. The number of rotatable bonds is 6. The minimum atomic E-state index is -0.578. The van der Waals surface area contributed by atoms with Gasteiger partial charge in [0.05, 0.1) is 27.8 Å². The van der Waals surface area contributed by atoms with Crippen molar-refractivity contribution in [3.05, 3.63) is 277 Å². The molecule has 2 nitrogen and oxygen atoms in total. The number of hydrogen-bond acceptors (Lipinski definition) is 1. The fourth-order valence-corrected chi connectivity index (χ4v) is 11.9. The van der Waals surface area contributed by atoms with Crippen LogP contribution in [0, 0.1) is 0 Å². The summed E-state index contributed by atoms with van der Waals surface area (Å²) < 4.78 is 2.54. The minimum Gasteiger partial charge on any atom is -0.310 e. The Balaban J connectivity index is 1.09. The van der Waals surface area contributed by atoms with Gasteiger partial charge < -0.3 is 9.47 Å². The summed E-state index contributed by atoms with van der Waals surface area (Å²) in [5, 5.41) is 4.96. The molecular formula is C65H42N2. The second-order valence-electron chi connectivity index (χ2n) is 17.9. The molecule has 14 rings (SSSR count). The zero-order valence-electron chi connectivity index (χ0n) is 36.6. The number of hydrogen-bond donors (Lipinski definition) is 0. The number of benzene rings is 11. The van der Waals surface area contributed by atoms with E-state index in [-0.39, 0.29) is 0 Å². The Morgan fingerprint density at radius 2 is 0.866 bits per heavy atom. The van der Waals surface area contributed by atoms with Crippen LogP contribution in [0.4, 0.5) is 17.1 Å². The third kappa shape index (κ3) is 5.39. The van der Waals surface area contributed by atoms with Crippen molar-refractivity contribution in [2.24, 2.45) is 0 Å². The highest BCUT2D eigenvalue weighted by atomic mass is 15.1. The van der Waals surface area contributed by atoms with Crippen molar-refractivity contribution in [3.8, 4) is 50.2 Å². The molecule has 0 saturated heterocycles. The van der Waals surface area contributed by atoms with Gasteiger partial charge in [0.15, 0.2) is 0 Å². The van der Waals surface area contributed by atoms with Gasteiger partial charge >= 0.3 is 0 Å². The van der Waals surface area contributed by atoms with E-state index in [1.54, 1.807) is 0 Å². The molecule has 1 aliphatic heterocycles. The zero-order chi connectivity index (χ0) is 44.1. The molecule has 0 fully saturated rings. The van der Waals surface area contributed by atoms with Crippen LogP contribution in [0.1, 0.15) is 22.3 Å². The molecule has 1 aliphatic carbocycles. The van der Waals surface area contributed by atoms with Crippen molar-refractivity contribution >= 4 is 49.6 Å². The summed E-state index contributed by atoms with van der Waals surface area (Å²) in [4.78, 5) is 2.52. The third-order valence-corrected chi connectivity index (χ3v) is 14.6. The van der Waals surface area contributed by atoms with Gasteiger partial charge in [0.1, 0.15) is 0 Å². The fraction of sp³-hybridized carbons (Fsp3) is 0.0154. The van der Waals surface area contributed by atoms with Gasteiger partial charge in [0.25, 0.3) is 0 Å². The molecule has 11 aromatic carbocycles. The molecule has 12 aromatic rings. The number of para-hydroxylation sites is 3. The average Bonchev–Trinajstić information content (AvgIpc) is 3.89. The van der Waals surface area contributed by atoms with Gasteiger partial charge in [-0.15, -0.1) is 0 Å². The number of nitrogens with zero attached hydrogens (tertiary/aromatic N) is 2. The van der Waals surface area contributed by atoms with E-state index in [1.807, 2.05) is 0 Å². The van der Waals surface area contributed by atoms with Crippen LogP contribution in [0.2, 0.25) is 0 Å². The molecule has 0 atom stereocenters. The van der Waals surface area contributed by atoms with E-state index >= 15 is 0 Å². The summed E-state index contributed by atoms with van der Waals surface area (Å²) in [6.45, 7) is 0. The van der Waals surface area contributed by atoms with Gasteiger partial charge in [-0.3, -0.25) is 0 Å².